The van der Waals surface area contributed by atoms with E-state index >= 15 is 0 Å². The van der Waals surface area contributed by atoms with E-state index in [-0.39, 0.29) is 17.3 Å². The summed E-state index contributed by atoms with van der Waals surface area (Å²) in [4.78, 5) is 29.1. The third kappa shape index (κ3) is 8.82. The van der Waals surface area contributed by atoms with Crippen LogP contribution in [0.2, 0.25) is 0 Å². The first-order valence-electron chi connectivity index (χ1n) is 14.3. The summed E-state index contributed by atoms with van der Waals surface area (Å²) in [7, 11) is -4.13. The monoisotopic (exact) mass is 593 g/mol. The highest BCUT2D eigenvalue weighted by atomic mass is 32.2. The number of aryl methyl sites for hydroxylation is 1. The third-order valence-corrected chi connectivity index (χ3v) is 8.48. The molecule has 0 spiro atoms. The summed E-state index contributed by atoms with van der Waals surface area (Å²) in [6.45, 7) is 11.5. The Kier molecular flexibility index (Phi) is 11.2. The van der Waals surface area contributed by atoms with E-state index in [2.05, 4.69) is 5.32 Å². The van der Waals surface area contributed by atoms with Gasteiger partial charge in [0, 0.05) is 12.1 Å². The molecule has 2 amide bonds. The van der Waals surface area contributed by atoms with Crippen molar-refractivity contribution in [1.29, 1.82) is 0 Å². The smallest absolute Gasteiger partial charge is 0.264 e. The number of benzene rings is 3. The van der Waals surface area contributed by atoms with Crippen molar-refractivity contribution in [3.63, 3.8) is 0 Å². The zero-order valence-electron chi connectivity index (χ0n) is 25.5. The molecule has 0 radical (unpaired) electrons. The van der Waals surface area contributed by atoms with E-state index in [1.165, 1.54) is 17.0 Å². The molecule has 8 nitrogen and oxygen atoms in total. The average molecular weight is 594 g/mol. The summed E-state index contributed by atoms with van der Waals surface area (Å²) in [6, 6.07) is 22.1. The van der Waals surface area contributed by atoms with Crippen LogP contribution in [0.3, 0.4) is 0 Å². The first-order valence-corrected chi connectivity index (χ1v) is 15.8. The molecule has 9 heteroatoms. The molecule has 42 heavy (non-hydrogen) atoms. The molecule has 0 heterocycles. The molecule has 0 aliphatic heterocycles. The van der Waals surface area contributed by atoms with Crippen molar-refractivity contribution in [2.75, 3.05) is 24.0 Å². The molecule has 0 bridgehead atoms. The van der Waals surface area contributed by atoms with Gasteiger partial charge in [-0.3, -0.25) is 13.9 Å². The number of rotatable bonds is 13. The largest absolute Gasteiger partial charge is 0.494 e. The summed E-state index contributed by atoms with van der Waals surface area (Å²) in [5.74, 6) is -0.151. The number of carbonyl (C=O) groups is 2. The van der Waals surface area contributed by atoms with E-state index in [9.17, 15) is 18.0 Å². The normalized spacial score (nSPS) is 12.3. The van der Waals surface area contributed by atoms with Gasteiger partial charge < -0.3 is 15.0 Å². The van der Waals surface area contributed by atoms with Gasteiger partial charge in [-0.1, -0.05) is 55.0 Å². The lowest BCUT2D eigenvalue weighted by Crippen LogP contribution is -2.56. The Morgan fingerprint density at radius 1 is 0.905 bits per heavy atom. The fourth-order valence-electron chi connectivity index (χ4n) is 4.59. The molecule has 0 aromatic heterocycles. The average Bonchev–Trinajstić information content (AvgIpc) is 2.94. The second-order valence-corrected chi connectivity index (χ2v) is 13.1. The Morgan fingerprint density at radius 2 is 1.52 bits per heavy atom. The topological polar surface area (TPSA) is 96.0 Å². The number of sulfonamides is 1. The zero-order chi connectivity index (χ0) is 30.9. The molecule has 0 fully saturated rings. The van der Waals surface area contributed by atoms with Crippen molar-refractivity contribution in [2.24, 2.45) is 0 Å². The second-order valence-electron chi connectivity index (χ2n) is 11.2. The van der Waals surface area contributed by atoms with E-state index in [1.807, 2.05) is 71.9 Å². The second kappa shape index (κ2) is 14.4. The van der Waals surface area contributed by atoms with Crippen LogP contribution in [0.1, 0.15) is 52.2 Å². The molecular formula is C33H43N3O5S. The number of anilines is 1. The number of hydrogen-bond acceptors (Lipinski definition) is 5. The molecule has 3 aromatic carbocycles. The molecule has 0 unspecified atom stereocenters. The maximum absolute atomic E-state index is 14.1. The summed E-state index contributed by atoms with van der Waals surface area (Å²) >= 11 is 0. The number of amides is 2. The number of carbonyl (C=O) groups excluding carboxylic acids is 2. The van der Waals surface area contributed by atoms with Crippen LogP contribution < -0.4 is 14.4 Å². The van der Waals surface area contributed by atoms with E-state index < -0.39 is 34.1 Å². The first-order chi connectivity index (χ1) is 19.9. The zero-order valence-corrected chi connectivity index (χ0v) is 26.3. The van der Waals surface area contributed by atoms with Crippen LogP contribution in [0, 0.1) is 6.92 Å². The highest BCUT2D eigenvalue weighted by Crippen LogP contribution is 2.27. The number of ether oxygens (including phenoxy) is 1. The summed E-state index contributed by atoms with van der Waals surface area (Å²) in [5, 5.41) is 2.99. The highest BCUT2D eigenvalue weighted by molar-refractivity contribution is 7.92. The Hall–Kier alpha value is -3.85. The van der Waals surface area contributed by atoms with Crippen LogP contribution >= 0.6 is 0 Å². The lowest BCUT2D eigenvalue weighted by Gasteiger charge is -2.34. The number of nitrogens with one attached hydrogen (secondary N) is 1. The highest BCUT2D eigenvalue weighted by Gasteiger charge is 2.34. The Bertz CT molecular complexity index is 1420. The predicted molar refractivity (Wildman–Crippen MR) is 167 cm³/mol. The van der Waals surface area contributed by atoms with E-state index in [0.717, 1.165) is 15.4 Å². The van der Waals surface area contributed by atoms with Gasteiger partial charge in [-0.05, 0) is 89.4 Å². The van der Waals surface area contributed by atoms with Crippen molar-refractivity contribution in [3.05, 3.63) is 90.0 Å². The molecular weight excluding hydrogens is 550 g/mol. The van der Waals surface area contributed by atoms with Crippen LogP contribution in [0.25, 0.3) is 0 Å². The van der Waals surface area contributed by atoms with Crippen LogP contribution in [0.15, 0.2) is 83.8 Å². The lowest BCUT2D eigenvalue weighted by molar-refractivity contribution is -0.140. The minimum absolute atomic E-state index is 0.0723. The van der Waals surface area contributed by atoms with Crippen molar-refractivity contribution < 1.29 is 22.7 Å². The first kappa shape index (κ1) is 32.7. The molecule has 0 saturated heterocycles. The fourth-order valence-corrected chi connectivity index (χ4v) is 6.00. The van der Waals surface area contributed by atoms with Gasteiger partial charge >= 0.3 is 0 Å². The van der Waals surface area contributed by atoms with Crippen LogP contribution in [0.4, 0.5) is 5.69 Å². The Morgan fingerprint density at radius 3 is 2.07 bits per heavy atom. The molecule has 1 atom stereocenters. The maximum atomic E-state index is 14.1. The van der Waals surface area contributed by atoms with Crippen LogP contribution in [0.5, 0.6) is 5.75 Å². The van der Waals surface area contributed by atoms with Gasteiger partial charge in [0.2, 0.25) is 11.8 Å². The third-order valence-electron chi connectivity index (χ3n) is 6.69. The fraction of sp³-hybridized carbons (Fsp3) is 0.394. The number of hydrogen-bond donors (Lipinski definition) is 1. The minimum atomic E-state index is -4.13. The molecule has 0 aliphatic carbocycles. The SMILES string of the molecule is CCOc1ccc(N(CC(=O)N(CCc2ccccc2)[C@@H](CC)C(=O)NC(C)(C)C)S(=O)(=O)c2ccc(C)cc2)cc1. The minimum Gasteiger partial charge on any atom is -0.494 e. The standard InChI is InChI=1S/C33H43N3O5S/c1-7-30(32(38)34-33(4,5)6)35(23-22-26-12-10-9-11-13-26)31(37)24-36(27-16-18-28(19-17-27)41-8-2)42(39,40)29-20-14-25(3)15-21-29/h9-21,30H,7-8,22-24H2,1-6H3,(H,34,38)/t30-/m0/s1. The lowest BCUT2D eigenvalue weighted by atomic mass is 10.1. The van der Waals surface area contributed by atoms with Crippen LogP contribution in [-0.4, -0.2) is 56.4 Å². The molecule has 3 aromatic rings. The predicted octanol–water partition coefficient (Wildman–Crippen LogP) is 5.35. The summed E-state index contributed by atoms with van der Waals surface area (Å²) in [6.07, 6.45) is 0.885. The summed E-state index contributed by atoms with van der Waals surface area (Å²) < 4.78 is 34.6. The maximum Gasteiger partial charge on any atom is 0.264 e. The van der Waals surface area contributed by atoms with Gasteiger partial charge in [-0.15, -0.1) is 0 Å². The van der Waals surface area contributed by atoms with Gasteiger partial charge in [0.05, 0.1) is 17.2 Å². The Labute approximate surface area is 250 Å². The van der Waals surface area contributed by atoms with E-state index in [0.29, 0.717) is 30.9 Å². The quantitative estimate of drug-likeness (QED) is 0.288. The van der Waals surface area contributed by atoms with Crippen molar-refractivity contribution >= 4 is 27.5 Å². The van der Waals surface area contributed by atoms with E-state index in [4.69, 9.17) is 4.74 Å². The molecule has 0 saturated carbocycles. The number of nitrogens with zero attached hydrogens (tertiary/aromatic N) is 2. The van der Waals surface area contributed by atoms with Crippen molar-refractivity contribution in [2.45, 2.75) is 70.9 Å². The van der Waals surface area contributed by atoms with Gasteiger partial charge in [0.1, 0.15) is 18.3 Å². The van der Waals surface area contributed by atoms with Crippen molar-refractivity contribution in [3.8, 4) is 5.75 Å². The van der Waals surface area contributed by atoms with Crippen LogP contribution in [-0.2, 0) is 26.0 Å². The van der Waals surface area contributed by atoms with Gasteiger partial charge in [-0.2, -0.15) is 0 Å². The van der Waals surface area contributed by atoms with E-state index in [1.54, 1.807) is 36.4 Å². The summed E-state index contributed by atoms with van der Waals surface area (Å²) in [5.41, 5.74) is 1.75. The van der Waals surface area contributed by atoms with Gasteiger partial charge in [-0.25, -0.2) is 8.42 Å². The molecule has 226 valence electrons. The molecule has 0 aliphatic rings. The molecule has 1 N–H and O–H groups in total. The Balaban J connectivity index is 2.02. The van der Waals surface area contributed by atoms with Gasteiger partial charge in [0.25, 0.3) is 10.0 Å². The van der Waals surface area contributed by atoms with Gasteiger partial charge in [0.15, 0.2) is 0 Å². The molecule has 3 rings (SSSR count). The van der Waals surface area contributed by atoms with Crippen molar-refractivity contribution in [1.82, 2.24) is 10.2 Å².